The van der Waals surface area contributed by atoms with Gasteiger partial charge in [0, 0.05) is 12.2 Å². The van der Waals surface area contributed by atoms with E-state index in [9.17, 15) is 4.79 Å². The van der Waals surface area contributed by atoms with E-state index in [4.69, 9.17) is 5.73 Å². The Morgan fingerprint density at radius 2 is 1.76 bits per heavy atom. The molecule has 0 radical (unpaired) electrons. The first-order chi connectivity index (χ1) is 10.1. The Kier molecular flexibility index (Phi) is 5.06. The first-order valence-corrected chi connectivity index (χ1v) is 7.11. The number of carbonyl (C=O) groups is 1. The van der Waals surface area contributed by atoms with E-state index in [0.29, 0.717) is 0 Å². The zero-order valence-corrected chi connectivity index (χ0v) is 12.4. The van der Waals surface area contributed by atoms with Gasteiger partial charge in [-0.3, -0.25) is 9.78 Å². The zero-order valence-electron chi connectivity index (χ0n) is 12.4. The topological polar surface area (TPSA) is 68.0 Å². The number of benzene rings is 1. The summed E-state index contributed by atoms with van der Waals surface area (Å²) in [4.78, 5) is 16.6. The summed E-state index contributed by atoms with van der Waals surface area (Å²) in [7, 11) is 0. The molecule has 1 amide bonds. The summed E-state index contributed by atoms with van der Waals surface area (Å²) in [6, 6.07) is 14.9. The molecule has 0 saturated carbocycles. The molecule has 1 heterocycles. The smallest absolute Gasteiger partial charge is 0.225 e. The fraction of sp³-hybridized carbons (Fsp3) is 0.294. The normalized spacial score (nSPS) is 15.0. The lowest BCUT2D eigenvalue weighted by atomic mass is 9.94. The van der Waals surface area contributed by atoms with Crippen molar-refractivity contribution in [2.45, 2.75) is 25.9 Å². The van der Waals surface area contributed by atoms with Crippen LogP contribution in [0.3, 0.4) is 0 Å². The molecule has 3 N–H and O–H groups in total. The van der Waals surface area contributed by atoms with Crippen molar-refractivity contribution in [1.29, 1.82) is 0 Å². The molecule has 0 aliphatic carbocycles. The van der Waals surface area contributed by atoms with Gasteiger partial charge in [0.15, 0.2) is 0 Å². The van der Waals surface area contributed by atoms with E-state index in [0.717, 1.165) is 11.3 Å². The Balaban J connectivity index is 2.00. The summed E-state index contributed by atoms with van der Waals surface area (Å²) in [5.74, 6) is -0.372. The third-order valence-corrected chi connectivity index (χ3v) is 3.63. The van der Waals surface area contributed by atoms with Crippen molar-refractivity contribution in [2.75, 3.05) is 0 Å². The number of nitrogens with one attached hydrogen (secondary N) is 1. The van der Waals surface area contributed by atoms with E-state index in [-0.39, 0.29) is 23.9 Å². The molecule has 0 aliphatic rings. The Morgan fingerprint density at radius 3 is 2.38 bits per heavy atom. The van der Waals surface area contributed by atoms with Crippen molar-refractivity contribution in [3.8, 4) is 0 Å². The highest BCUT2D eigenvalue weighted by Gasteiger charge is 2.23. The largest absolute Gasteiger partial charge is 0.348 e. The molecule has 0 spiro atoms. The predicted molar refractivity (Wildman–Crippen MR) is 83.3 cm³/mol. The molecule has 2 rings (SSSR count). The van der Waals surface area contributed by atoms with Crippen LogP contribution in [0.1, 0.15) is 37.2 Å². The second kappa shape index (κ2) is 6.99. The summed E-state index contributed by atoms with van der Waals surface area (Å²) in [6.07, 6.45) is 1.72. The average molecular weight is 283 g/mol. The van der Waals surface area contributed by atoms with E-state index in [2.05, 4.69) is 10.3 Å². The van der Waals surface area contributed by atoms with Crippen molar-refractivity contribution < 1.29 is 4.79 Å². The highest BCUT2D eigenvalue weighted by atomic mass is 16.1. The predicted octanol–water partition coefficient (Wildman–Crippen LogP) is 2.59. The minimum atomic E-state index is -0.317. The molecule has 0 saturated heterocycles. The number of rotatable bonds is 5. The van der Waals surface area contributed by atoms with Gasteiger partial charge in [-0.15, -0.1) is 0 Å². The van der Waals surface area contributed by atoms with Crippen LogP contribution in [0.25, 0.3) is 0 Å². The van der Waals surface area contributed by atoms with Crippen molar-refractivity contribution >= 4 is 5.91 Å². The molecule has 0 aliphatic heterocycles. The second-order valence-electron chi connectivity index (χ2n) is 5.21. The number of nitrogens with two attached hydrogens (primary N) is 1. The van der Waals surface area contributed by atoms with E-state index in [1.165, 1.54) is 0 Å². The summed E-state index contributed by atoms with van der Waals surface area (Å²) in [5.41, 5.74) is 7.98. The zero-order chi connectivity index (χ0) is 15.2. The van der Waals surface area contributed by atoms with Crippen molar-refractivity contribution in [2.24, 2.45) is 11.7 Å². The van der Waals surface area contributed by atoms with Gasteiger partial charge in [0.05, 0.1) is 17.7 Å². The van der Waals surface area contributed by atoms with E-state index in [1.54, 1.807) is 6.20 Å². The van der Waals surface area contributed by atoms with Crippen LogP contribution in [0.2, 0.25) is 0 Å². The molecule has 0 fully saturated rings. The molecule has 2 aromatic rings. The number of hydrogen-bond donors (Lipinski definition) is 2. The molecule has 4 heteroatoms. The van der Waals surface area contributed by atoms with Crippen molar-refractivity contribution in [3.63, 3.8) is 0 Å². The molecule has 3 atom stereocenters. The molecular weight excluding hydrogens is 262 g/mol. The van der Waals surface area contributed by atoms with Crippen LogP contribution in [-0.4, -0.2) is 10.9 Å². The van der Waals surface area contributed by atoms with Crippen LogP contribution < -0.4 is 11.1 Å². The van der Waals surface area contributed by atoms with Gasteiger partial charge >= 0.3 is 0 Å². The summed E-state index contributed by atoms with van der Waals surface area (Å²) < 4.78 is 0. The molecule has 4 nitrogen and oxygen atoms in total. The van der Waals surface area contributed by atoms with Crippen LogP contribution in [0, 0.1) is 5.92 Å². The van der Waals surface area contributed by atoms with Gasteiger partial charge in [0.2, 0.25) is 5.91 Å². The molecule has 1 aromatic heterocycles. The standard InChI is InChI=1S/C17H21N3O/c1-12(16(18)14-8-4-3-5-9-14)17(21)20-13(2)15-10-6-7-11-19-15/h3-13,16H,18H2,1-2H3,(H,20,21). The Labute approximate surface area is 125 Å². The molecule has 0 bridgehead atoms. The maximum absolute atomic E-state index is 12.3. The van der Waals surface area contributed by atoms with Gasteiger partial charge in [-0.1, -0.05) is 43.3 Å². The highest BCUT2D eigenvalue weighted by Crippen LogP contribution is 2.20. The molecule has 1 aromatic carbocycles. The van der Waals surface area contributed by atoms with Gasteiger partial charge < -0.3 is 11.1 Å². The SMILES string of the molecule is CC(NC(=O)C(C)C(N)c1ccccc1)c1ccccn1. The lowest BCUT2D eigenvalue weighted by Crippen LogP contribution is -2.37. The van der Waals surface area contributed by atoms with Gasteiger partial charge in [0.1, 0.15) is 0 Å². The van der Waals surface area contributed by atoms with Gasteiger partial charge in [-0.2, -0.15) is 0 Å². The monoisotopic (exact) mass is 283 g/mol. The maximum atomic E-state index is 12.3. The fourth-order valence-corrected chi connectivity index (χ4v) is 2.18. The van der Waals surface area contributed by atoms with Crippen LogP contribution in [0.5, 0.6) is 0 Å². The average Bonchev–Trinajstić information content (AvgIpc) is 2.55. The number of nitrogens with zero attached hydrogens (tertiary/aromatic N) is 1. The number of amides is 1. The first kappa shape index (κ1) is 15.2. The summed E-state index contributed by atoms with van der Waals surface area (Å²) >= 11 is 0. The first-order valence-electron chi connectivity index (χ1n) is 7.11. The molecular formula is C17H21N3O. The summed E-state index contributed by atoms with van der Waals surface area (Å²) in [5, 5.41) is 2.97. The number of carbonyl (C=O) groups excluding carboxylic acids is 1. The fourth-order valence-electron chi connectivity index (χ4n) is 2.18. The molecule has 110 valence electrons. The molecule has 21 heavy (non-hydrogen) atoms. The second-order valence-corrected chi connectivity index (χ2v) is 5.21. The quantitative estimate of drug-likeness (QED) is 0.886. The number of hydrogen-bond acceptors (Lipinski definition) is 3. The Morgan fingerprint density at radius 1 is 1.10 bits per heavy atom. The lowest BCUT2D eigenvalue weighted by Gasteiger charge is -2.22. The molecule has 3 unspecified atom stereocenters. The van der Waals surface area contributed by atoms with Crippen LogP contribution in [-0.2, 0) is 4.79 Å². The van der Waals surface area contributed by atoms with Gasteiger partial charge in [-0.05, 0) is 24.6 Å². The van der Waals surface area contributed by atoms with Crippen LogP contribution in [0.15, 0.2) is 54.7 Å². The maximum Gasteiger partial charge on any atom is 0.225 e. The van der Waals surface area contributed by atoms with Gasteiger partial charge in [0.25, 0.3) is 0 Å². The third-order valence-electron chi connectivity index (χ3n) is 3.63. The Hall–Kier alpha value is -2.20. The van der Waals surface area contributed by atoms with E-state index < -0.39 is 0 Å². The van der Waals surface area contributed by atoms with Gasteiger partial charge in [-0.25, -0.2) is 0 Å². The summed E-state index contributed by atoms with van der Waals surface area (Å²) in [6.45, 7) is 3.76. The van der Waals surface area contributed by atoms with Crippen molar-refractivity contribution in [1.82, 2.24) is 10.3 Å². The number of pyridine rings is 1. The van der Waals surface area contributed by atoms with Crippen molar-refractivity contribution in [3.05, 3.63) is 66.0 Å². The third kappa shape index (κ3) is 3.89. The minimum Gasteiger partial charge on any atom is -0.348 e. The van der Waals surface area contributed by atoms with E-state index >= 15 is 0 Å². The van der Waals surface area contributed by atoms with Crippen LogP contribution >= 0.6 is 0 Å². The van der Waals surface area contributed by atoms with Crippen LogP contribution in [0.4, 0.5) is 0 Å². The Bertz CT molecular complexity index is 571. The lowest BCUT2D eigenvalue weighted by molar-refractivity contribution is -0.125. The van der Waals surface area contributed by atoms with E-state index in [1.807, 2.05) is 62.4 Å². The highest BCUT2D eigenvalue weighted by molar-refractivity contribution is 5.79. The minimum absolute atomic E-state index is 0.0653. The number of aromatic nitrogens is 1.